The number of hydrogen-bond acceptors (Lipinski definition) is 6. The van der Waals surface area contributed by atoms with E-state index in [9.17, 15) is 14.7 Å². The summed E-state index contributed by atoms with van der Waals surface area (Å²) in [4.78, 5) is 24.1. The summed E-state index contributed by atoms with van der Waals surface area (Å²) in [5.74, 6) is -0.536. The smallest absolute Gasteiger partial charge is 0.342 e. The lowest BCUT2D eigenvalue weighted by molar-refractivity contribution is -0.119. The molecular weight excluding hydrogens is 386 g/mol. The van der Waals surface area contributed by atoms with Crippen molar-refractivity contribution in [2.24, 2.45) is 0 Å². The molecule has 0 radical (unpaired) electrons. The maximum absolute atomic E-state index is 12.0. The minimum Gasteiger partial charge on any atom is -0.507 e. The van der Waals surface area contributed by atoms with Crippen LogP contribution in [0.25, 0.3) is 0 Å². The van der Waals surface area contributed by atoms with E-state index in [1.807, 2.05) is 30.3 Å². The molecule has 3 aromatic carbocycles. The largest absolute Gasteiger partial charge is 0.507 e. The van der Waals surface area contributed by atoms with Crippen LogP contribution in [0.5, 0.6) is 17.2 Å². The number of carbonyl (C=O) groups excluding carboxylic acids is 2. The van der Waals surface area contributed by atoms with Gasteiger partial charge in [-0.1, -0.05) is 30.3 Å². The van der Waals surface area contributed by atoms with Crippen LogP contribution in [0.1, 0.15) is 15.9 Å². The molecule has 0 saturated carbocycles. The predicted molar refractivity (Wildman–Crippen MR) is 111 cm³/mol. The van der Waals surface area contributed by atoms with Crippen molar-refractivity contribution in [3.05, 3.63) is 83.9 Å². The second-order valence-corrected chi connectivity index (χ2v) is 6.31. The number of ether oxygens (including phenoxy) is 3. The van der Waals surface area contributed by atoms with Crippen LogP contribution in [-0.4, -0.2) is 30.7 Å². The number of phenolic OH excluding ortho intramolecular Hbond substituents is 1. The number of carbonyl (C=O) groups is 2. The Balaban J connectivity index is 1.47. The molecule has 0 aliphatic heterocycles. The van der Waals surface area contributed by atoms with Crippen LogP contribution in [0.3, 0.4) is 0 Å². The lowest BCUT2D eigenvalue weighted by atomic mass is 10.2. The van der Waals surface area contributed by atoms with Crippen LogP contribution in [-0.2, 0) is 16.1 Å². The summed E-state index contributed by atoms with van der Waals surface area (Å²) in [5.41, 5.74) is 1.54. The number of hydrogen-bond donors (Lipinski definition) is 2. The van der Waals surface area contributed by atoms with Gasteiger partial charge in [-0.25, -0.2) is 4.79 Å². The van der Waals surface area contributed by atoms with Gasteiger partial charge in [-0.05, 0) is 42.0 Å². The Hall–Kier alpha value is -4.00. The third-order valence-corrected chi connectivity index (χ3v) is 4.15. The zero-order valence-electron chi connectivity index (χ0n) is 16.3. The van der Waals surface area contributed by atoms with Crippen LogP contribution in [0, 0.1) is 0 Å². The van der Waals surface area contributed by atoms with Gasteiger partial charge in [0.05, 0.1) is 7.11 Å². The predicted octanol–water partition coefficient (Wildman–Crippen LogP) is 3.78. The molecular formula is C23H21NO6. The highest BCUT2D eigenvalue weighted by Gasteiger charge is 2.15. The number of rotatable bonds is 8. The number of aromatic hydroxyl groups is 1. The Morgan fingerprint density at radius 1 is 0.933 bits per heavy atom. The van der Waals surface area contributed by atoms with Crippen molar-refractivity contribution in [3.63, 3.8) is 0 Å². The molecule has 7 nitrogen and oxygen atoms in total. The van der Waals surface area contributed by atoms with E-state index in [4.69, 9.17) is 14.2 Å². The topological polar surface area (TPSA) is 94.1 Å². The van der Waals surface area contributed by atoms with E-state index < -0.39 is 18.5 Å². The van der Waals surface area contributed by atoms with Crippen LogP contribution < -0.4 is 14.8 Å². The Bertz CT molecular complexity index is 1000. The molecule has 7 heteroatoms. The summed E-state index contributed by atoms with van der Waals surface area (Å²) in [7, 11) is 1.44. The van der Waals surface area contributed by atoms with E-state index in [1.165, 1.54) is 25.3 Å². The van der Waals surface area contributed by atoms with E-state index >= 15 is 0 Å². The molecule has 0 saturated heterocycles. The minimum absolute atomic E-state index is 0.0523. The first-order valence-corrected chi connectivity index (χ1v) is 9.16. The number of nitrogens with one attached hydrogen (secondary N) is 1. The van der Waals surface area contributed by atoms with Gasteiger partial charge in [-0.2, -0.15) is 0 Å². The molecule has 0 spiro atoms. The van der Waals surface area contributed by atoms with E-state index in [0.29, 0.717) is 23.8 Å². The monoisotopic (exact) mass is 407 g/mol. The summed E-state index contributed by atoms with van der Waals surface area (Å²) >= 11 is 0. The molecule has 0 aliphatic carbocycles. The zero-order chi connectivity index (χ0) is 21.3. The minimum atomic E-state index is -0.810. The maximum Gasteiger partial charge on any atom is 0.342 e. The fourth-order valence-corrected chi connectivity index (χ4v) is 2.59. The van der Waals surface area contributed by atoms with Gasteiger partial charge in [-0.15, -0.1) is 0 Å². The van der Waals surface area contributed by atoms with Crippen molar-refractivity contribution in [1.29, 1.82) is 0 Å². The van der Waals surface area contributed by atoms with Crippen LogP contribution in [0.4, 0.5) is 5.69 Å². The lowest BCUT2D eigenvalue weighted by Crippen LogP contribution is -2.21. The summed E-state index contributed by atoms with van der Waals surface area (Å²) < 4.78 is 15.6. The molecule has 0 atom stereocenters. The summed E-state index contributed by atoms with van der Waals surface area (Å²) in [5, 5.41) is 12.5. The molecule has 0 unspecified atom stereocenters. The highest BCUT2D eigenvalue weighted by atomic mass is 16.5. The third kappa shape index (κ3) is 5.75. The van der Waals surface area contributed by atoms with Crippen molar-refractivity contribution in [1.82, 2.24) is 0 Å². The first-order chi connectivity index (χ1) is 14.5. The second-order valence-electron chi connectivity index (χ2n) is 6.31. The quantitative estimate of drug-likeness (QED) is 0.552. The summed E-state index contributed by atoms with van der Waals surface area (Å²) in [6, 6.07) is 20.8. The van der Waals surface area contributed by atoms with Crippen molar-refractivity contribution in [3.8, 4) is 17.2 Å². The number of methoxy groups -OCH3 is 1. The fourth-order valence-electron chi connectivity index (χ4n) is 2.59. The number of anilines is 1. The first-order valence-electron chi connectivity index (χ1n) is 9.16. The van der Waals surface area contributed by atoms with Crippen molar-refractivity contribution in [2.75, 3.05) is 19.0 Å². The Morgan fingerprint density at radius 2 is 1.63 bits per heavy atom. The van der Waals surface area contributed by atoms with Gasteiger partial charge < -0.3 is 24.6 Å². The van der Waals surface area contributed by atoms with Gasteiger partial charge in [-0.3, -0.25) is 4.79 Å². The number of amides is 1. The van der Waals surface area contributed by atoms with Crippen molar-refractivity contribution < 1.29 is 28.9 Å². The Labute approximate surface area is 173 Å². The van der Waals surface area contributed by atoms with Gasteiger partial charge in [0.1, 0.15) is 29.4 Å². The normalized spacial score (nSPS) is 10.2. The molecule has 0 aliphatic rings. The second kappa shape index (κ2) is 9.97. The van der Waals surface area contributed by atoms with Crippen molar-refractivity contribution in [2.45, 2.75) is 6.61 Å². The number of esters is 1. The number of phenols is 1. The molecule has 0 aromatic heterocycles. The van der Waals surface area contributed by atoms with Gasteiger partial charge in [0, 0.05) is 11.8 Å². The Kier molecular flexibility index (Phi) is 6.89. The van der Waals surface area contributed by atoms with Gasteiger partial charge in [0.2, 0.25) is 0 Å². The molecule has 154 valence electrons. The average Bonchev–Trinajstić information content (AvgIpc) is 2.77. The standard InChI is InChI=1S/C23H21NO6/c1-28-19-11-12-20(21(25)13-19)23(27)30-15-22(26)24-17-7-9-18(10-8-17)29-14-16-5-3-2-4-6-16/h2-13,25H,14-15H2,1H3,(H,24,26). The van der Waals surface area contributed by atoms with Crippen molar-refractivity contribution >= 4 is 17.6 Å². The highest BCUT2D eigenvalue weighted by molar-refractivity contribution is 5.96. The van der Waals surface area contributed by atoms with E-state index in [-0.39, 0.29) is 11.3 Å². The summed E-state index contributed by atoms with van der Waals surface area (Å²) in [6.07, 6.45) is 0. The Morgan fingerprint density at radius 3 is 2.30 bits per heavy atom. The molecule has 3 aromatic rings. The van der Waals surface area contributed by atoms with Crippen LogP contribution in [0.15, 0.2) is 72.8 Å². The van der Waals surface area contributed by atoms with E-state index in [2.05, 4.69) is 5.32 Å². The molecule has 0 heterocycles. The third-order valence-electron chi connectivity index (χ3n) is 4.15. The zero-order valence-corrected chi connectivity index (χ0v) is 16.3. The molecule has 0 bridgehead atoms. The SMILES string of the molecule is COc1ccc(C(=O)OCC(=O)Nc2ccc(OCc3ccccc3)cc2)c(O)c1. The number of benzene rings is 3. The lowest BCUT2D eigenvalue weighted by Gasteiger charge is -2.10. The first kappa shape index (κ1) is 20.7. The van der Waals surface area contributed by atoms with E-state index in [0.717, 1.165) is 5.56 Å². The molecule has 3 rings (SSSR count). The molecule has 0 fully saturated rings. The fraction of sp³-hybridized carbons (Fsp3) is 0.130. The van der Waals surface area contributed by atoms with Gasteiger partial charge >= 0.3 is 5.97 Å². The highest BCUT2D eigenvalue weighted by Crippen LogP contribution is 2.24. The van der Waals surface area contributed by atoms with Gasteiger partial charge in [0.15, 0.2) is 6.61 Å². The average molecular weight is 407 g/mol. The molecule has 1 amide bonds. The van der Waals surface area contributed by atoms with Crippen LogP contribution >= 0.6 is 0 Å². The maximum atomic E-state index is 12.0. The van der Waals surface area contributed by atoms with Crippen LogP contribution in [0.2, 0.25) is 0 Å². The summed E-state index contributed by atoms with van der Waals surface area (Å²) in [6.45, 7) is -0.0444. The molecule has 2 N–H and O–H groups in total. The van der Waals surface area contributed by atoms with Gasteiger partial charge in [0.25, 0.3) is 5.91 Å². The molecule has 30 heavy (non-hydrogen) atoms. The van der Waals surface area contributed by atoms with E-state index in [1.54, 1.807) is 24.3 Å².